The predicted octanol–water partition coefficient (Wildman–Crippen LogP) is 3.51. The number of nitrogens with zero attached hydrogens (tertiary/aromatic N) is 2. The van der Waals surface area contributed by atoms with Gasteiger partial charge in [0.25, 0.3) is 0 Å². The van der Waals surface area contributed by atoms with Crippen molar-refractivity contribution in [3.63, 3.8) is 0 Å². The third-order valence-corrected chi connectivity index (χ3v) is 4.57. The Hall–Kier alpha value is -1.36. The molecule has 0 radical (unpaired) electrons. The van der Waals surface area contributed by atoms with E-state index < -0.39 is 0 Å². The van der Waals surface area contributed by atoms with Gasteiger partial charge in [-0.1, -0.05) is 25.7 Å². The van der Waals surface area contributed by atoms with Gasteiger partial charge in [-0.25, -0.2) is 4.98 Å². The number of rotatable bonds is 5. The van der Waals surface area contributed by atoms with E-state index in [0.29, 0.717) is 18.1 Å². The first kappa shape index (κ1) is 15.5. The lowest BCUT2D eigenvalue weighted by Crippen LogP contribution is -2.22. The fraction of sp³-hybridized carbons (Fsp3) is 0.765. The van der Waals surface area contributed by atoms with Gasteiger partial charge in [-0.05, 0) is 32.6 Å². The molecule has 5 heteroatoms. The van der Waals surface area contributed by atoms with Gasteiger partial charge in [0.15, 0.2) is 0 Å². The molecule has 2 heterocycles. The Kier molecular flexibility index (Phi) is 5.48. The summed E-state index contributed by atoms with van der Waals surface area (Å²) in [6, 6.07) is 2.60. The highest BCUT2D eigenvalue weighted by Crippen LogP contribution is 2.21. The Bertz CT molecular complexity index is 466. The average molecular weight is 304 g/mol. The van der Waals surface area contributed by atoms with E-state index in [-0.39, 0.29) is 0 Å². The van der Waals surface area contributed by atoms with Crippen molar-refractivity contribution >= 4 is 11.8 Å². The molecule has 1 saturated carbocycles. The topological polar surface area (TPSA) is 59.1 Å². The number of hydrogen-bond donors (Lipinski definition) is 2. The van der Waals surface area contributed by atoms with Crippen molar-refractivity contribution in [1.82, 2.24) is 9.97 Å². The maximum Gasteiger partial charge on any atom is 0.224 e. The van der Waals surface area contributed by atoms with Crippen LogP contribution < -0.4 is 10.6 Å². The molecule has 2 N–H and O–H groups in total. The van der Waals surface area contributed by atoms with E-state index in [1.165, 1.54) is 38.5 Å². The van der Waals surface area contributed by atoms with Crippen LogP contribution in [0.2, 0.25) is 0 Å². The number of hydrogen-bond acceptors (Lipinski definition) is 5. The van der Waals surface area contributed by atoms with Crippen LogP contribution in [-0.2, 0) is 4.74 Å². The van der Waals surface area contributed by atoms with Crippen molar-refractivity contribution in [2.45, 2.75) is 70.4 Å². The summed E-state index contributed by atoms with van der Waals surface area (Å²) in [6.45, 7) is 3.71. The number of nitrogens with one attached hydrogen (secondary N) is 2. The van der Waals surface area contributed by atoms with Crippen molar-refractivity contribution < 1.29 is 4.74 Å². The molecule has 0 bridgehead atoms. The molecular weight excluding hydrogens is 276 g/mol. The van der Waals surface area contributed by atoms with E-state index in [1.807, 2.05) is 13.0 Å². The summed E-state index contributed by atoms with van der Waals surface area (Å²) in [6.07, 6.45) is 10.5. The van der Waals surface area contributed by atoms with Gasteiger partial charge in [-0.3, -0.25) is 0 Å². The van der Waals surface area contributed by atoms with Gasteiger partial charge in [-0.15, -0.1) is 0 Å². The summed E-state index contributed by atoms with van der Waals surface area (Å²) < 4.78 is 5.64. The molecule has 1 saturated heterocycles. The van der Waals surface area contributed by atoms with Crippen LogP contribution in [0.1, 0.15) is 57.1 Å². The zero-order valence-corrected chi connectivity index (χ0v) is 13.6. The van der Waals surface area contributed by atoms with E-state index in [0.717, 1.165) is 37.5 Å². The molecule has 1 aromatic rings. The first-order valence-corrected chi connectivity index (χ1v) is 8.77. The van der Waals surface area contributed by atoms with E-state index in [2.05, 4.69) is 20.6 Å². The summed E-state index contributed by atoms with van der Waals surface area (Å²) in [4.78, 5) is 9.12. The minimum atomic E-state index is 0.308. The zero-order chi connectivity index (χ0) is 15.2. The zero-order valence-electron chi connectivity index (χ0n) is 13.6. The molecule has 0 aromatic carbocycles. The standard InChI is InChI=1S/C17H28N4O/c1-13-11-16(20-14-7-4-2-3-5-8-14)21-17(19-13)18-12-15-9-6-10-22-15/h11,14-15H,2-10,12H2,1H3,(H2,18,19,20,21). The van der Waals surface area contributed by atoms with Gasteiger partial charge in [-0.2, -0.15) is 4.98 Å². The van der Waals surface area contributed by atoms with E-state index in [1.54, 1.807) is 0 Å². The van der Waals surface area contributed by atoms with Gasteiger partial charge < -0.3 is 15.4 Å². The third-order valence-electron chi connectivity index (χ3n) is 4.57. The lowest BCUT2D eigenvalue weighted by Gasteiger charge is -2.18. The molecule has 2 fully saturated rings. The van der Waals surface area contributed by atoms with Gasteiger partial charge in [0.05, 0.1) is 6.10 Å². The van der Waals surface area contributed by atoms with Crippen LogP contribution in [0.4, 0.5) is 11.8 Å². The third kappa shape index (κ3) is 4.57. The smallest absolute Gasteiger partial charge is 0.224 e. The van der Waals surface area contributed by atoms with E-state index >= 15 is 0 Å². The first-order chi connectivity index (χ1) is 10.8. The van der Waals surface area contributed by atoms with Gasteiger partial charge in [0.1, 0.15) is 5.82 Å². The maximum atomic E-state index is 5.64. The maximum absolute atomic E-state index is 5.64. The second-order valence-electron chi connectivity index (χ2n) is 6.57. The molecular formula is C17H28N4O. The molecule has 0 amide bonds. The first-order valence-electron chi connectivity index (χ1n) is 8.77. The molecule has 1 aliphatic heterocycles. The quantitative estimate of drug-likeness (QED) is 0.815. The molecule has 2 aliphatic rings. The molecule has 22 heavy (non-hydrogen) atoms. The minimum Gasteiger partial charge on any atom is -0.376 e. The molecule has 1 unspecified atom stereocenters. The monoisotopic (exact) mass is 304 g/mol. The van der Waals surface area contributed by atoms with Crippen LogP contribution in [0.5, 0.6) is 0 Å². The van der Waals surface area contributed by atoms with Crippen LogP contribution in [0.3, 0.4) is 0 Å². The summed E-state index contributed by atoms with van der Waals surface area (Å²) in [5.41, 5.74) is 1.00. The Morgan fingerprint density at radius 2 is 1.91 bits per heavy atom. The van der Waals surface area contributed by atoms with Crippen molar-refractivity contribution in [2.24, 2.45) is 0 Å². The number of aromatic nitrogens is 2. The van der Waals surface area contributed by atoms with Crippen molar-refractivity contribution in [3.05, 3.63) is 11.8 Å². The fourth-order valence-corrected chi connectivity index (χ4v) is 3.36. The highest BCUT2D eigenvalue weighted by atomic mass is 16.5. The highest BCUT2D eigenvalue weighted by Gasteiger charge is 2.16. The molecule has 1 atom stereocenters. The van der Waals surface area contributed by atoms with Crippen molar-refractivity contribution in [3.8, 4) is 0 Å². The van der Waals surface area contributed by atoms with Crippen LogP contribution >= 0.6 is 0 Å². The van der Waals surface area contributed by atoms with Crippen molar-refractivity contribution in [1.29, 1.82) is 0 Å². The SMILES string of the molecule is Cc1cc(NC2CCCCCC2)nc(NCC2CCCO2)n1. The second-order valence-corrected chi connectivity index (χ2v) is 6.57. The Morgan fingerprint density at radius 3 is 2.64 bits per heavy atom. The highest BCUT2D eigenvalue weighted by molar-refractivity contribution is 5.43. The summed E-state index contributed by atoms with van der Waals surface area (Å²) in [5.74, 6) is 1.67. The van der Waals surface area contributed by atoms with Gasteiger partial charge in [0.2, 0.25) is 5.95 Å². The summed E-state index contributed by atoms with van der Waals surface area (Å²) >= 11 is 0. The molecule has 1 aliphatic carbocycles. The molecule has 0 spiro atoms. The van der Waals surface area contributed by atoms with E-state index in [9.17, 15) is 0 Å². The van der Waals surface area contributed by atoms with Crippen LogP contribution in [0.15, 0.2) is 6.07 Å². The molecule has 3 rings (SSSR count). The van der Waals surface area contributed by atoms with Crippen LogP contribution in [0, 0.1) is 6.92 Å². The molecule has 1 aromatic heterocycles. The largest absolute Gasteiger partial charge is 0.376 e. The number of ether oxygens (including phenoxy) is 1. The Morgan fingerprint density at radius 1 is 1.09 bits per heavy atom. The lowest BCUT2D eigenvalue weighted by atomic mass is 10.1. The minimum absolute atomic E-state index is 0.308. The van der Waals surface area contributed by atoms with Crippen molar-refractivity contribution in [2.75, 3.05) is 23.8 Å². The molecule has 122 valence electrons. The molecule has 5 nitrogen and oxygen atoms in total. The van der Waals surface area contributed by atoms with Gasteiger partial charge >= 0.3 is 0 Å². The Labute approximate surface area is 133 Å². The predicted molar refractivity (Wildman–Crippen MR) is 89.3 cm³/mol. The number of aryl methyl sites for hydroxylation is 1. The summed E-state index contributed by atoms with van der Waals surface area (Å²) in [7, 11) is 0. The lowest BCUT2D eigenvalue weighted by molar-refractivity contribution is 0.120. The number of anilines is 2. The fourth-order valence-electron chi connectivity index (χ4n) is 3.36. The van der Waals surface area contributed by atoms with Gasteiger partial charge in [0, 0.05) is 31.0 Å². The average Bonchev–Trinajstić information content (AvgIpc) is 2.89. The van der Waals surface area contributed by atoms with Crippen LogP contribution in [-0.4, -0.2) is 35.3 Å². The summed E-state index contributed by atoms with van der Waals surface area (Å²) in [5, 5.41) is 6.94. The normalized spacial score (nSPS) is 23.2. The second kappa shape index (κ2) is 7.77. The van der Waals surface area contributed by atoms with Crippen LogP contribution in [0.25, 0.3) is 0 Å². The Balaban J connectivity index is 1.58. The van der Waals surface area contributed by atoms with E-state index in [4.69, 9.17) is 4.74 Å².